The van der Waals surface area contributed by atoms with Gasteiger partial charge in [0.05, 0.1) is 12.2 Å². The minimum Gasteiger partial charge on any atom is -0.493 e. The number of primary amides is 1. The summed E-state index contributed by atoms with van der Waals surface area (Å²) in [4.78, 5) is 41.0. The quantitative estimate of drug-likeness (QED) is 0.619. The van der Waals surface area contributed by atoms with E-state index in [1.165, 1.54) is 0 Å². The molecule has 0 radical (unpaired) electrons. The van der Waals surface area contributed by atoms with Gasteiger partial charge in [-0.1, -0.05) is 30.3 Å². The molecule has 0 atom stereocenters. The van der Waals surface area contributed by atoms with Crippen molar-refractivity contribution in [2.24, 2.45) is 5.73 Å². The van der Waals surface area contributed by atoms with Gasteiger partial charge in [0.1, 0.15) is 12.4 Å². The van der Waals surface area contributed by atoms with E-state index < -0.39 is 5.91 Å². The highest BCUT2D eigenvalue weighted by atomic mass is 16.5. The normalized spacial score (nSPS) is 13.4. The van der Waals surface area contributed by atoms with Crippen molar-refractivity contribution in [1.29, 1.82) is 0 Å². The maximum absolute atomic E-state index is 14.0. The zero-order chi connectivity index (χ0) is 22.7. The zero-order valence-corrected chi connectivity index (χ0v) is 17.9. The Balaban J connectivity index is 1.82. The van der Waals surface area contributed by atoms with Crippen LogP contribution >= 0.6 is 0 Å². The lowest BCUT2D eigenvalue weighted by Crippen LogP contribution is -2.42. The average Bonchev–Trinajstić information content (AvgIpc) is 3.21. The van der Waals surface area contributed by atoms with E-state index in [-0.39, 0.29) is 18.5 Å². The van der Waals surface area contributed by atoms with E-state index >= 15 is 0 Å². The second kappa shape index (κ2) is 9.09. The fourth-order valence-electron chi connectivity index (χ4n) is 3.98. The van der Waals surface area contributed by atoms with Gasteiger partial charge >= 0.3 is 0 Å². The van der Waals surface area contributed by atoms with E-state index in [2.05, 4.69) is 0 Å². The van der Waals surface area contributed by atoms with Gasteiger partial charge in [0.2, 0.25) is 11.8 Å². The minimum atomic E-state index is -0.545. The number of anilines is 1. The van der Waals surface area contributed by atoms with Crippen LogP contribution in [0.1, 0.15) is 40.5 Å². The Morgan fingerprint density at radius 2 is 1.81 bits per heavy atom. The van der Waals surface area contributed by atoms with Gasteiger partial charge in [-0.05, 0) is 54.4 Å². The third kappa shape index (κ3) is 4.14. The van der Waals surface area contributed by atoms with Crippen LogP contribution in [-0.2, 0) is 4.79 Å². The van der Waals surface area contributed by atoms with Gasteiger partial charge in [-0.2, -0.15) is 0 Å². The van der Waals surface area contributed by atoms with Gasteiger partial charge < -0.3 is 15.4 Å². The number of hydrogen-bond acceptors (Lipinski definition) is 4. The fourth-order valence-corrected chi connectivity index (χ4v) is 3.98. The van der Waals surface area contributed by atoms with Gasteiger partial charge in [-0.25, -0.2) is 0 Å². The Hall–Kier alpha value is -3.87. The van der Waals surface area contributed by atoms with Crippen molar-refractivity contribution in [3.05, 3.63) is 71.8 Å². The Morgan fingerprint density at radius 1 is 1.06 bits per heavy atom. The molecule has 1 saturated heterocycles. The number of likely N-dealkylation sites (tertiary alicyclic amines) is 1. The standard InChI is InChI=1S/C25H25N3O4/c1-2-32-21-14-11-17-6-3-4-7-20(17)23(21)25(31)28(16-27-15-5-8-22(27)29)19-12-9-18(10-13-19)24(26)30/h3-4,6-7,9-14H,2,5,8,15-16H2,1H3,(H2,26,30). The van der Waals surface area contributed by atoms with Crippen LogP contribution in [0.15, 0.2) is 60.7 Å². The van der Waals surface area contributed by atoms with Crippen LogP contribution in [0.2, 0.25) is 0 Å². The van der Waals surface area contributed by atoms with E-state index in [0.29, 0.717) is 42.1 Å². The highest BCUT2D eigenvalue weighted by molar-refractivity contribution is 6.16. The van der Waals surface area contributed by atoms with Gasteiger partial charge in [-0.3, -0.25) is 19.3 Å². The molecule has 0 spiro atoms. The van der Waals surface area contributed by atoms with Crippen molar-refractivity contribution < 1.29 is 19.1 Å². The summed E-state index contributed by atoms with van der Waals surface area (Å²) in [5.41, 5.74) is 6.72. The first-order valence-corrected chi connectivity index (χ1v) is 10.6. The first-order valence-electron chi connectivity index (χ1n) is 10.6. The molecule has 0 saturated carbocycles. The predicted octanol–water partition coefficient (Wildman–Crippen LogP) is 3.56. The molecule has 0 bridgehead atoms. The fraction of sp³-hybridized carbons (Fsp3) is 0.240. The number of fused-ring (bicyclic) bond motifs is 1. The number of carbonyl (C=O) groups is 3. The third-order valence-corrected chi connectivity index (χ3v) is 5.60. The van der Waals surface area contributed by atoms with Crippen LogP contribution in [0.25, 0.3) is 10.8 Å². The molecule has 32 heavy (non-hydrogen) atoms. The summed E-state index contributed by atoms with van der Waals surface area (Å²) in [7, 11) is 0. The van der Waals surface area contributed by atoms with Crippen molar-refractivity contribution in [3.63, 3.8) is 0 Å². The summed E-state index contributed by atoms with van der Waals surface area (Å²) in [6.07, 6.45) is 1.24. The molecule has 0 aliphatic carbocycles. The molecule has 7 nitrogen and oxygen atoms in total. The summed E-state index contributed by atoms with van der Waals surface area (Å²) in [6.45, 7) is 2.99. The number of benzene rings is 3. The molecule has 0 aromatic heterocycles. The average molecular weight is 431 g/mol. The van der Waals surface area contributed by atoms with Gasteiger partial charge in [0.25, 0.3) is 5.91 Å². The summed E-state index contributed by atoms with van der Waals surface area (Å²) in [5, 5.41) is 1.69. The lowest BCUT2D eigenvalue weighted by Gasteiger charge is -2.29. The van der Waals surface area contributed by atoms with Crippen molar-refractivity contribution in [3.8, 4) is 5.75 Å². The number of hydrogen-bond donors (Lipinski definition) is 1. The lowest BCUT2D eigenvalue weighted by molar-refractivity contribution is -0.127. The van der Waals surface area contributed by atoms with Crippen LogP contribution in [0.5, 0.6) is 5.75 Å². The number of rotatable bonds is 7. The zero-order valence-electron chi connectivity index (χ0n) is 17.9. The molecule has 0 unspecified atom stereocenters. The second-order valence-corrected chi connectivity index (χ2v) is 7.64. The van der Waals surface area contributed by atoms with Crippen molar-refractivity contribution in [2.75, 3.05) is 24.7 Å². The van der Waals surface area contributed by atoms with Crippen LogP contribution in [-0.4, -0.2) is 42.4 Å². The summed E-state index contributed by atoms with van der Waals surface area (Å²) in [6, 6.07) is 17.9. The minimum absolute atomic E-state index is 0.0134. The van der Waals surface area contributed by atoms with Gasteiger partial charge in [-0.15, -0.1) is 0 Å². The first-order chi connectivity index (χ1) is 15.5. The van der Waals surface area contributed by atoms with E-state index in [1.807, 2.05) is 37.3 Å². The van der Waals surface area contributed by atoms with Gasteiger partial charge in [0.15, 0.2) is 0 Å². The van der Waals surface area contributed by atoms with Gasteiger partial charge in [0, 0.05) is 24.2 Å². The van der Waals surface area contributed by atoms with E-state index in [4.69, 9.17) is 10.5 Å². The van der Waals surface area contributed by atoms with Crippen molar-refractivity contribution in [2.45, 2.75) is 19.8 Å². The summed E-state index contributed by atoms with van der Waals surface area (Å²) in [5.74, 6) is -0.323. The molecule has 1 aliphatic rings. The third-order valence-electron chi connectivity index (χ3n) is 5.60. The maximum atomic E-state index is 14.0. The molecule has 1 fully saturated rings. The Morgan fingerprint density at radius 3 is 2.47 bits per heavy atom. The number of nitrogens with two attached hydrogens (primary N) is 1. The molecular weight excluding hydrogens is 406 g/mol. The SMILES string of the molecule is CCOc1ccc2ccccc2c1C(=O)N(CN1CCCC1=O)c1ccc(C(N)=O)cc1. The Labute approximate surface area is 186 Å². The molecule has 7 heteroatoms. The summed E-state index contributed by atoms with van der Waals surface area (Å²) >= 11 is 0. The number of nitrogens with zero attached hydrogens (tertiary/aromatic N) is 2. The number of amides is 3. The van der Waals surface area contributed by atoms with E-state index in [1.54, 1.807) is 40.1 Å². The molecule has 1 aliphatic heterocycles. The van der Waals surface area contributed by atoms with Crippen molar-refractivity contribution in [1.82, 2.24) is 4.90 Å². The molecule has 1 heterocycles. The van der Waals surface area contributed by atoms with Crippen LogP contribution in [0.4, 0.5) is 5.69 Å². The Kier molecular flexibility index (Phi) is 6.07. The highest BCUT2D eigenvalue weighted by Gasteiger charge is 2.29. The molecule has 2 N–H and O–H groups in total. The van der Waals surface area contributed by atoms with E-state index in [0.717, 1.165) is 17.2 Å². The highest BCUT2D eigenvalue weighted by Crippen LogP contribution is 2.31. The molecular formula is C25H25N3O4. The number of carbonyl (C=O) groups excluding carboxylic acids is 3. The first kappa shape index (κ1) is 21.4. The molecule has 4 rings (SSSR count). The maximum Gasteiger partial charge on any atom is 0.264 e. The molecule has 3 aromatic carbocycles. The number of ether oxygens (including phenoxy) is 1. The molecule has 3 aromatic rings. The lowest BCUT2D eigenvalue weighted by atomic mass is 10.0. The van der Waals surface area contributed by atoms with Crippen LogP contribution in [0, 0.1) is 0 Å². The van der Waals surface area contributed by atoms with Crippen molar-refractivity contribution >= 4 is 34.2 Å². The second-order valence-electron chi connectivity index (χ2n) is 7.64. The Bertz CT molecular complexity index is 1170. The van der Waals surface area contributed by atoms with E-state index in [9.17, 15) is 14.4 Å². The predicted molar refractivity (Wildman–Crippen MR) is 123 cm³/mol. The summed E-state index contributed by atoms with van der Waals surface area (Å²) < 4.78 is 5.80. The largest absolute Gasteiger partial charge is 0.493 e. The monoisotopic (exact) mass is 431 g/mol. The topological polar surface area (TPSA) is 92.9 Å². The molecule has 3 amide bonds. The van der Waals surface area contributed by atoms with Crippen LogP contribution < -0.4 is 15.4 Å². The molecule has 164 valence electrons. The smallest absolute Gasteiger partial charge is 0.264 e. The van der Waals surface area contributed by atoms with Crippen LogP contribution in [0.3, 0.4) is 0 Å².